The van der Waals surface area contributed by atoms with E-state index in [1.54, 1.807) is 0 Å². The van der Waals surface area contributed by atoms with Crippen molar-refractivity contribution in [2.75, 3.05) is 26.2 Å². The Morgan fingerprint density at radius 1 is 1.35 bits per heavy atom. The molecule has 0 radical (unpaired) electrons. The number of nitrogens with zero attached hydrogens (tertiary/aromatic N) is 2. The second-order valence-corrected chi connectivity index (χ2v) is 5.29. The van der Waals surface area contributed by atoms with Crippen LogP contribution >= 0.6 is 0 Å². The molecule has 2 rings (SSSR count). The first kappa shape index (κ1) is 12.4. The van der Waals surface area contributed by atoms with Gasteiger partial charge in [-0.1, -0.05) is 5.92 Å². The zero-order valence-corrected chi connectivity index (χ0v) is 10.5. The molecular formula is C13H19FN2O. The maximum atomic E-state index is 12.9. The van der Waals surface area contributed by atoms with Crippen LogP contribution in [0.4, 0.5) is 4.39 Å². The van der Waals surface area contributed by atoms with Crippen molar-refractivity contribution in [2.24, 2.45) is 0 Å². The molecule has 94 valence electrons. The summed E-state index contributed by atoms with van der Waals surface area (Å²) in [7, 11) is 0. The van der Waals surface area contributed by atoms with Gasteiger partial charge in [0.1, 0.15) is 6.17 Å². The molecule has 17 heavy (non-hydrogen) atoms. The van der Waals surface area contributed by atoms with E-state index in [2.05, 4.69) is 16.7 Å². The largest absolute Gasteiger partial charge is 0.329 e. The van der Waals surface area contributed by atoms with Crippen LogP contribution in [-0.2, 0) is 4.79 Å². The summed E-state index contributed by atoms with van der Waals surface area (Å²) >= 11 is 0. The fourth-order valence-corrected chi connectivity index (χ4v) is 2.14. The summed E-state index contributed by atoms with van der Waals surface area (Å²) in [6.45, 7) is 6.84. The summed E-state index contributed by atoms with van der Waals surface area (Å²) < 4.78 is 12.9. The van der Waals surface area contributed by atoms with Gasteiger partial charge in [0, 0.05) is 19.6 Å². The van der Waals surface area contributed by atoms with E-state index in [0.717, 1.165) is 13.1 Å². The highest BCUT2D eigenvalue weighted by molar-refractivity contribution is 5.94. The summed E-state index contributed by atoms with van der Waals surface area (Å²) in [4.78, 5) is 15.5. The van der Waals surface area contributed by atoms with Crippen LogP contribution in [0.15, 0.2) is 0 Å². The number of alkyl halides is 1. The van der Waals surface area contributed by atoms with Gasteiger partial charge in [-0.25, -0.2) is 4.39 Å². The topological polar surface area (TPSA) is 23.6 Å². The molecule has 0 saturated carbocycles. The Morgan fingerprint density at radius 2 is 2.06 bits per heavy atom. The summed E-state index contributed by atoms with van der Waals surface area (Å²) in [6.07, 6.45) is 0.779. The Kier molecular flexibility index (Phi) is 3.39. The highest BCUT2D eigenvalue weighted by Crippen LogP contribution is 2.20. The number of amides is 1. The van der Waals surface area contributed by atoms with Gasteiger partial charge in [0.25, 0.3) is 5.91 Å². The van der Waals surface area contributed by atoms with Crippen LogP contribution in [0.3, 0.4) is 0 Å². The molecule has 4 heteroatoms. The van der Waals surface area contributed by atoms with Crippen molar-refractivity contribution in [2.45, 2.75) is 38.4 Å². The lowest BCUT2D eigenvalue weighted by Crippen LogP contribution is -2.51. The lowest BCUT2D eigenvalue weighted by atomic mass is 9.99. The van der Waals surface area contributed by atoms with Crippen LogP contribution in [-0.4, -0.2) is 53.6 Å². The number of hydrogen-bond acceptors (Lipinski definition) is 2. The molecule has 0 N–H and O–H groups in total. The molecular weight excluding hydrogens is 219 g/mol. The van der Waals surface area contributed by atoms with Crippen LogP contribution in [0.2, 0.25) is 0 Å². The fourth-order valence-electron chi connectivity index (χ4n) is 2.14. The number of carbonyl (C=O) groups excluding carboxylic acids is 1. The molecule has 1 amide bonds. The predicted molar refractivity (Wildman–Crippen MR) is 64.1 cm³/mol. The van der Waals surface area contributed by atoms with E-state index in [-0.39, 0.29) is 18.0 Å². The van der Waals surface area contributed by atoms with Crippen LogP contribution in [0.5, 0.6) is 0 Å². The Balaban J connectivity index is 1.93. The second kappa shape index (κ2) is 4.66. The standard InChI is InChI=1S/C13H19FN2O/c1-13(2,16-7-3-8-16)6-4-12(17)15-9-5-11(14)10-15/h11H,3,5,7-10H2,1-2H3. The summed E-state index contributed by atoms with van der Waals surface area (Å²) in [5, 5.41) is 0. The highest BCUT2D eigenvalue weighted by atomic mass is 19.1. The van der Waals surface area contributed by atoms with Gasteiger partial charge in [-0.3, -0.25) is 9.69 Å². The molecule has 2 fully saturated rings. The first-order valence-electron chi connectivity index (χ1n) is 6.20. The van der Waals surface area contributed by atoms with Crippen molar-refractivity contribution in [3.8, 4) is 11.8 Å². The number of rotatable bonds is 1. The summed E-state index contributed by atoms with van der Waals surface area (Å²) in [5.74, 6) is 5.44. The zero-order chi connectivity index (χ0) is 12.5. The Bertz CT molecular complexity index is 365. The van der Waals surface area contributed by atoms with Gasteiger partial charge < -0.3 is 4.90 Å². The van der Waals surface area contributed by atoms with Crippen molar-refractivity contribution < 1.29 is 9.18 Å². The third-order valence-electron chi connectivity index (χ3n) is 3.54. The minimum atomic E-state index is -0.871. The zero-order valence-electron chi connectivity index (χ0n) is 10.5. The van der Waals surface area contributed by atoms with Crippen molar-refractivity contribution >= 4 is 5.91 Å². The van der Waals surface area contributed by atoms with E-state index in [4.69, 9.17) is 0 Å². The van der Waals surface area contributed by atoms with Crippen molar-refractivity contribution in [1.82, 2.24) is 9.80 Å². The van der Waals surface area contributed by atoms with Gasteiger partial charge in [-0.05, 0) is 32.6 Å². The molecule has 2 aliphatic heterocycles. The SMILES string of the molecule is CC(C)(C#CC(=O)N1CCC(F)C1)N1CCC1. The molecule has 3 nitrogen and oxygen atoms in total. The number of likely N-dealkylation sites (tertiary alicyclic amines) is 2. The third-order valence-corrected chi connectivity index (χ3v) is 3.54. The first-order valence-corrected chi connectivity index (χ1v) is 6.20. The number of carbonyl (C=O) groups is 1. The predicted octanol–water partition coefficient (Wildman–Crippen LogP) is 1.04. The third kappa shape index (κ3) is 2.78. The van der Waals surface area contributed by atoms with Gasteiger partial charge in [0.05, 0.1) is 12.1 Å². The fraction of sp³-hybridized carbons (Fsp3) is 0.769. The van der Waals surface area contributed by atoms with E-state index in [9.17, 15) is 9.18 Å². The quantitative estimate of drug-likeness (QED) is 0.637. The molecule has 2 saturated heterocycles. The van der Waals surface area contributed by atoms with Crippen molar-refractivity contribution in [3.05, 3.63) is 0 Å². The Labute approximate surface area is 102 Å². The lowest BCUT2D eigenvalue weighted by Gasteiger charge is -2.41. The number of hydrogen-bond donors (Lipinski definition) is 0. The van der Waals surface area contributed by atoms with Crippen LogP contribution in [0.25, 0.3) is 0 Å². The van der Waals surface area contributed by atoms with Gasteiger partial charge in [0.2, 0.25) is 0 Å². The first-order chi connectivity index (χ1) is 7.99. The Hall–Kier alpha value is -1.08. The molecule has 0 aliphatic carbocycles. The molecule has 0 aromatic rings. The van der Waals surface area contributed by atoms with Gasteiger partial charge >= 0.3 is 0 Å². The molecule has 1 atom stereocenters. The van der Waals surface area contributed by atoms with E-state index >= 15 is 0 Å². The van der Waals surface area contributed by atoms with Crippen molar-refractivity contribution in [1.29, 1.82) is 0 Å². The Morgan fingerprint density at radius 3 is 2.53 bits per heavy atom. The van der Waals surface area contributed by atoms with Gasteiger partial charge in [-0.15, -0.1) is 0 Å². The average Bonchev–Trinajstić information content (AvgIpc) is 2.58. The number of halogens is 1. The van der Waals surface area contributed by atoms with Crippen LogP contribution in [0, 0.1) is 11.8 Å². The lowest BCUT2D eigenvalue weighted by molar-refractivity contribution is -0.124. The highest BCUT2D eigenvalue weighted by Gasteiger charge is 2.30. The minimum absolute atomic E-state index is 0.206. The molecule has 0 aromatic carbocycles. The average molecular weight is 238 g/mol. The maximum absolute atomic E-state index is 12.9. The van der Waals surface area contributed by atoms with E-state index < -0.39 is 6.17 Å². The van der Waals surface area contributed by atoms with Gasteiger partial charge in [0.15, 0.2) is 0 Å². The minimum Gasteiger partial charge on any atom is -0.329 e. The normalized spacial score (nSPS) is 25.1. The summed E-state index contributed by atoms with van der Waals surface area (Å²) in [5.41, 5.74) is -0.247. The summed E-state index contributed by atoms with van der Waals surface area (Å²) in [6, 6.07) is 0. The van der Waals surface area contributed by atoms with E-state index in [0.29, 0.717) is 13.0 Å². The molecule has 0 aromatic heterocycles. The van der Waals surface area contributed by atoms with Crippen LogP contribution < -0.4 is 0 Å². The second-order valence-electron chi connectivity index (χ2n) is 5.29. The molecule has 2 heterocycles. The molecule has 0 bridgehead atoms. The van der Waals surface area contributed by atoms with E-state index in [1.807, 2.05) is 13.8 Å². The molecule has 1 unspecified atom stereocenters. The molecule has 2 aliphatic rings. The van der Waals surface area contributed by atoms with E-state index in [1.165, 1.54) is 11.3 Å². The maximum Gasteiger partial charge on any atom is 0.298 e. The smallest absolute Gasteiger partial charge is 0.298 e. The molecule has 0 spiro atoms. The van der Waals surface area contributed by atoms with Crippen molar-refractivity contribution in [3.63, 3.8) is 0 Å². The van der Waals surface area contributed by atoms with Gasteiger partial charge in [-0.2, -0.15) is 0 Å². The monoisotopic (exact) mass is 238 g/mol. The van der Waals surface area contributed by atoms with Crippen LogP contribution in [0.1, 0.15) is 26.7 Å².